The molecule has 1 unspecified atom stereocenters. The Morgan fingerprint density at radius 3 is 2.19 bits per heavy atom. The maximum atomic E-state index is 11.2. The van der Waals surface area contributed by atoms with Crippen LogP contribution in [0.4, 0.5) is 0 Å². The Labute approximate surface area is 122 Å². The van der Waals surface area contributed by atoms with Gasteiger partial charge in [-0.3, -0.25) is 9.59 Å². The third-order valence-corrected chi connectivity index (χ3v) is 3.24. The predicted octanol–water partition coefficient (Wildman–Crippen LogP) is 1.33. The van der Waals surface area contributed by atoms with E-state index < -0.39 is 17.9 Å². The minimum Gasteiger partial charge on any atom is -0.370 e. The molecule has 0 bridgehead atoms. The van der Waals surface area contributed by atoms with Crippen LogP contribution >= 0.6 is 0 Å². The molecule has 2 amide bonds. The third kappa shape index (κ3) is 3.67. The summed E-state index contributed by atoms with van der Waals surface area (Å²) < 4.78 is 0. The van der Waals surface area contributed by atoms with Crippen LogP contribution in [0.1, 0.15) is 28.4 Å². The molecule has 5 nitrogen and oxygen atoms in total. The second kappa shape index (κ2) is 6.19. The molecule has 0 fully saturated rings. The fourth-order valence-electron chi connectivity index (χ4n) is 2.11. The van der Waals surface area contributed by atoms with Gasteiger partial charge >= 0.3 is 0 Å². The van der Waals surface area contributed by atoms with Gasteiger partial charge in [0, 0.05) is 18.0 Å². The molecule has 0 heterocycles. The van der Waals surface area contributed by atoms with Gasteiger partial charge in [-0.25, -0.2) is 0 Å². The lowest BCUT2D eigenvalue weighted by molar-refractivity contribution is -0.118. The van der Waals surface area contributed by atoms with Crippen molar-refractivity contribution in [1.29, 1.82) is 0 Å². The van der Waals surface area contributed by atoms with Crippen LogP contribution in [0.3, 0.4) is 0 Å². The Balaban J connectivity index is 2.24. The standard InChI is InChI=1S/C16H17N3O2/c17-14(9-15(18)20)11-6-4-10(5-7-11)12-2-1-3-13(8-12)16(19)21/h1-8,14H,9,17H2,(H2,18,20)(H2,19,21). The average molecular weight is 283 g/mol. The van der Waals surface area contributed by atoms with Crippen LogP contribution in [0.5, 0.6) is 0 Å². The van der Waals surface area contributed by atoms with Crippen LogP contribution in [0, 0.1) is 0 Å². The van der Waals surface area contributed by atoms with Gasteiger partial charge < -0.3 is 17.2 Å². The summed E-state index contributed by atoms with van der Waals surface area (Å²) in [5, 5.41) is 0. The van der Waals surface area contributed by atoms with E-state index in [-0.39, 0.29) is 6.42 Å². The molecule has 0 radical (unpaired) electrons. The highest BCUT2D eigenvalue weighted by atomic mass is 16.1. The van der Waals surface area contributed by atoms with E-state index in [1.54, 1.807) is 18.2 Å². The average Bonchev–Trinajstić information content (AvgIpc) is 2.47. The van der Waals surface area contributed by atoms with Crippen molar-refractivity contribution in [3.8, 4) is 11.1 Å². The lowest BCUT2D eigenvalue weighted by atomic mass is 9.98. The number of carbonyl (C=O) groups is 2. The Kier molecular flexibility index (Phi) is 4.35. The van der Waals surface area contributed by atoms with Crippen molar-refractivity contribution < 1.29 is 9.59 Å². The first kappa shape index (κ1) is 14.7. The molecule has 6 N–H and O–H groups in total. The fraction of sp³-hybridized carbons (Fsp3) is 0.125. The minimum absolute atomic E-state index is 0.108. The summed E-state index contributed by atoms with van der Waals surface area (Å²) in [5.74, 6) is -0.891. The number of primary amides is 2. The van der Waals surface area contributed by atoms with E-state index in [4.69, 9.17) is 17.2 Å². The van der Waals surface area contributed by atoms with E-state index in [1.807, 2.05) is 30.3 Å². The monoisotopic (exact) mass is 283 g/mol. The van der Waals surface area contributed by atoms with E-state index in [0.717, 1.165) is 16.7 Å². The number of amides is 2. The molecule has 0 spiro atoms. The number of benzene rings is 2. The minimum atomic E-state index is -0.461. The van der Waals surface area contributed by atoms with Gasteiger partial charge in [0.25, 0.3) is 0 Å². The van der Waals surface area contributed by atoms with Gasteiger partial charge in [-0.1, -0.05) is 36.4 Å². The zero-order valence-corrected chi connectivity index (χ0v) is 11.5. The molecule has 5 heteroatoms. The quantitative estimate of drug-likeness (QED) is 0.769. The summed E-state index contributed by atoms with van der Waals surface area (Å²) in [6.07, 6.45) is 0.108. The molecule has 2 aromatic rings. The summed E-state index contributed by atoms with van der Waals surface area (Å²) in [4.78, 5) is 22.1. The molecule has 0 saturated carbocycles. The van der Waals surface area contributed by atoms with Gasteiger partial charge in [-0.15, -0.1) is 0 Å². The molecule has 2 aromatic carbocycles. The molecule has 0 saturated heterocycles. The second-order valence-corrected chi connectivity index (χ2v) is 4.84. The summed E-state index contributed by atoms with van der Waals surface area (Å²) in [6.45, 7) is 0. The number of carbonyl (C=O) groups excluding carboxylic acids is 2. The maximum absolute atomic E-state index is 11.2. The van der Waals surface area contributed by atoms with Crippen LogP contribution in [0.25, 0.3) is 11.1 Å². The van der Waals surface area contributed by atoms with Gasteiger partial charge in [0.15, 0.2) is 0 Å². The molecule has 2 rings (SSSR count). The van der Waals surface area contributed by atoms with Crippen molar-refractivity contribution in [1.82, 2.24) is 0 Å². The highest BCUT2D eigenvalue weighted by Crippen LogP contribution is 2.23. The van der Waals surface area contributed by atoms with Crippen molar-refractivity contribution in [3.05, 3.63) is 59.7 Å². The van der Waals surface area contributed by atoms with Gasteiger partial charge in [-0.2, -0.15) is 0 Å². The molecule has 108 valence electrons. The molecular weight excluding hydrogens is 266 g/mol. The molecular formula is C16H17N3O2. The Morgan fingerprint density at radius 1 is 0.952 bits per heavy atom. The highest BCUT2D eigenvalue weighted by molar-refractivity contribution is 5.94. The van der Waals surface area contributed by atoms with Crippen LogP contribution < -0.4 is 17.2 Å². The summed E-state index contributed by atoms with van der Waals surface area (Å²) >= 11 is 0. The van der Waals surface area contributed by atoms with Crippen molar-refractivity contribution >= 4 is 11.8 Å². The van der Waals surface area contributed by atoms with Crippen molar-refractivity contribution in [2.75, 3.05) is 0 Å². The topological polar surface area (TPSA) is 112 Å². The van der Waals surface area contributed by atoms with E-state index >= 15 is 0 Å². The largest absolute Gasteiger partial charge is 0.370 e. The first-order valence-electron chi connectivity index (χ1n) is 6.51. The van der Waals surface area contributed by atoms with Crippen LogP contribution in [0.15, 0.2) is 48.5 Å². The zero-order valence-electron chi connectivity index (χ0n) is 11.5. The number of hydrogen-bond acceptors (Lipinski definition) is 3. The lowest BCUT2D eigenvalue weighted by Gasteiger charge is -2.11. The van der Waals surface area contributed by atoms with Crippen LogP contribution in [-0.2, 0) is 4.79 Å². The normalized spacial score (nSPS) is 11.9. The Hall–Kier alpha value is -2.66. The molecule has 0 aliphatic rings. The number of hydrogen-bond donors (Lipinski definition) is 3. The van der Waals surface area contributed by atoms with Gasteiger partial charge in [0.05, 0.1) is 0 Å². The smallest absolute Gasteiger partial charge is 0.248 e. The van der Waals surface area contributed by atoms with E-state index in [0.29, 0.717) is 5.56 Å². The molecule has 1 atom stereocenters. The molecule has 0 aliphatic heterocycles. The fourth-order valence-corrected chi connectivity index (χ4v) is 2.11. The Bertz CT molecular complexity index is 665. The molecule has 0 aliphatic carbocycles. The number of nitrogens with two attached hydrogens (primary N) is 3. The SMILES string of the molecule is NC(=O)CC(N)c1ccc(-c2cccc(C(N)=O)c2)cc1. The van der Waals surface area contributed by atoms with E-state index in [1.165, 1.54) is 0 Å². The molecule has 0 aromatic heterocycles. The van der Waals surface area contributed by atoms with Crippen molar-refractivity contribution in [2.24, 2.45) is 17.2 Å². The second-order valence-electron chi connectivity index (χ2n) is 4.84. The maximum Gasteiger partial charge on any atom is 0.248 e. The Morgan fingerprint density at radius 2 is 1.62 bits per heavy atom. The van der Waals surface area contributed by atoms with Gasteiger partial charge in [0.1, 0.15) is 0 Å². The third-order valence-electron chi connectivity index (χ3n) is 3.24. The number of rotatable bonds is 5. The first-order valence-corrected chi connectivity index (χ1v) is 6.51. The van der Waals surface area contributed by atoms with E-state index in [9.17, 15) is 9.59 Å². The highest BCUT2D eigenvalue weighted by Gasteiger charge is 2.09. The molecule has 21 heavy (non-hydrogen) atoms. The predicted molar refractivity (Wildman–Crippen MR) is 81.1 cm³/mol. The zero-order chi connectivity index (χ0) is 15.4. The summed E-state index contributed by atoms with van der Waals surface area (Å²) in [5.41, 5.74) is 19.4. The van der Waals surface area contributed by atoms with Gasteiger partial charge in [0.2, 0.25) is 11.8 Å². The lowest BCUT2D eigenvalue weighted by Crippen LogP contribution is -2.20. The van der Waals surface area contributed by atoms with Crippen LogP contribution in [0.2, 0.25) is 0 Å². The van der Waals surface area contributed by atoms with E-state index in [2.05, 4.69) is 0 Å². The van der Waals surface area contributed by atoms with Crippen LogP contribution in [-0.4, -0.2) is 11.8 Å². The van der Waals surface area contributed by atoms with Crippen molar-refractivity contribution in [3.63, 3.8) is 0 Å². The summed E-state index contributed by atoms with van der Waals surface area (Å²) in [6, 6.07) is 14.1. The van der Waals surface area contributed by atoms with Gasteiger partial charge in [-0.05, 0) is 28.8 Å². The first-order chi connectivity index (χ1) is 9.97. The summed E-state index contributed by atoms with van der Waals surface area (Å²) in [7, 11) is 0. The van der Waals surface area contributed by atoms with Crippen molar-refractivity contribution in [2.45, 2.75) is 12.5 Å².